The van der Waals surface area contributed by atoms with Crippen LogP contribution in [0.3, 0.4) is 0 Å². The fourth-order valence-corrected chi connectivity index (χ4v) is 3.43. The summed E-state index contributed by atoms with van der Waals surface area (Å²) in [5.74, 6) is -0.373. The third-order valence-electron chi connectivity index (χ3n) is 5.15. The highest BCUT2D eigenvalue weighted by Gasteiger charge is 2.30. The van der Waals surface area contributed by atoms with Crippen molar-refractivity contribution in [3.05, 3.63) is 93.8 Å². The van der Waals surface area contributed by atoms with Gasteiger partial charge in [0.1, 0.15) is 0 Å². The number of nitrogens with zero attached hydrogens (tertiary/aromatic N) is 2. The molecular weight excluding hydrogens is 431 g/mol. The zero-order chi connectivity index (χ0) is 23.6. The van der Waals surface area contributed by atoms with Crippen molar-refractivity contribution >= 4 is 22.7 Å². The van der Waals surface area contributed by atoms with Crippen LogP contribution in [0.5, 0.6) is 5.88 Å². The molecule has 0 amide bonds. The first-order valence-electron chi connectivity index (χ1n) is 9.83. The van der Waals surface area contributed by atoms with Gasteiger partial charge >= 0.3 is 6.18 Å². The zero-order valence-corrected chi connectivity index (χ0v) is 17.0. The largest absolute Gasteiger partial charge is 0.494 e. The van der Waals surface area contributed by atoms with Gasteiger partial charge in [-0.2, -0.15) is 18.4 Å². The summed E-state index contributed by atoms with van der Waals surface area (Å²) in [7, 11) is 0. The van der Waals surface area contributed by atoms with Crippen LogP contribution in [0, 0.1) is 11.3 Å². The number of H-pyrrole nitrogens is 1. The Balaban J connectivity index is 1.76. The van der Waals surface area contributed by atoms with Gasteiger partial charge in [-0.05, 0) is 53.1 Å². The van der Waals surface area contributed by atoms with E-state index in [0.717, 1.165) is 17.7 Å². The molecule has 0 unspecified atom stereocenters. The van der Waals surface area contributed by atoms with Crippen LogP contribution in [0.2, 0.25) is 0 Å². The molecule has 0 spiro atoms. The molecule has 0 saturated carbocycles. The Kier molecular flexibility index (Phi) is 5.71. The number of pyridine rings is 1. The van der Waals surface area contributed by atoms with Crippen LogP contribution in [0.25, 0.3) is 21.9 Å². The monoisotopic (exact) mass is 447 g/mol. The minimum Gasteiger partial charge on any atom is -0.494 e. The van der Waals surface area contributed by atoms with Crippen LogP contribution < -0.4 is 5.56 Å². The molecule has 0 aliphatic heterocycles. The Morgan fingerprint density at radius 3 is 2.27 bits per heavy atom. The lowest BCUT2D eigenvalue weighted by Crippen LogP contribution is -2.08. The lowest BCUT2D eigenvalue weighted by atomic mass is 9.99. The number of benzene rings is 3. The Bertz CT molecular complexity index is 1450. The summed E-state index contributed by atoms with van der Waals surface area (Å²) in [5.41, 5.74) is 1.54. The van der Waals surface area contributed by atoms with Gasteiger partial charge in [-0.1, -0.05) is 30.3 Å². The van der Waals surface area contributed by atoms with E-state index < -0.39 is 17.3 Å². The number of aromatic nitrogens is 1. The molecule has 8 heteroatoms. The number of nitrogens with one attached hydrogen (secondary N) is 1. The highest BCUT2D eigenvalue weighted by atomic mass is 19.4. The molecule has 33 heavy (non-hydrogen) atoms. The molecule has 4 rings (SSSR count). The maximum atomic E-state index is 12.9. The number of rotatable bonds is 4. The third kappa shape index (κ3) is 4.62. The second-order valence-corrected chi connectivity index (χ2v) is 7.31. The number of aliphatic imine (C=N–C) groups is 1. The van der Waals surface area contributed by atoms with Crippen LogP contribution >= 0.6 is 0 Å². The van der Waals surface area contributed by atoms with E-state index in [2.05, 4.69) is 16.0 Å². The van der Waals surface area contributed by atoms with Crippen LogP contribution in [0.15, 0.2) is 76.5 Å². The molecule has 0 aliphatic rings. The van der Waals surface area contributed by atoms with Crippen molar-refractivity contribution in [3.63, 3.8) is 0 Å². The Morgan fingerprint density at radius 1 is 0.970 bits per heavy atom. The van der Waals surface area contributed by atoms with E-state index >= 15 is 0 Å². The maximum Gasteiger partial charge on any atom is 0.416 e. The van der Waals surface area contributed by atoms with Crippen molar-refractivity contribution in [2.24, 2.45) is 4.99 Å². The van der Waals surface area contributed by atoms with Crippen LogP contribution in [0.4, 0.5) is 18.9 Å². The van der Waals surface area contributed by atoms with E-state index in [-0.39, 0.29) is 17.9 Å². The summed E-state index contributed by atoms with van der Waals surface area (Å²) in [6, 6.07) is 18.6. The zero-order valence-electron chi connectivity index (χ0n) is 17.0. The van der Waals surface area contributed by atoms with E-state index in [9.17, 15) is 23.1 Å². The second kappa shape index (κ2) is 8.63. The van der Waals surface area contributed by atoms with Gasteiger partial charge in [0.2, 0.25) is 5.88 Å². The second-order valence-electron chi connectivity index (χ2n) is 7.31. The lowest BCUT2D eigenvalue weighted by molar-refractivity contribution is -0.137. The number of alkyl halides is 3. The number of nitriles is 1. The smallest absolute Gasteiger partial charge is 0.416 e. The SMILES string of the molecule is N#CCc1ccc(N=Cc2c(O)[nH]c(=O)c3ccc(-c4ccc(C(F)(F)F)cc4)cc23)cc1. The molecule has 1 aromatic heterocycles. The predicted octanol–water partition coefficient (Wildman–Crippen LogP) is 5.74. The summed E-state index contributed by atoms with van der Waals surface area (Å²) in [6.45, 7) is 0. The number of aromatic amines is 1. The first kappa shape index (κ1) is 21.8. The van der Waals surface area contributed by atoms with Gasteiger partial charge in [-0.3, -0.25) is 14.8 Å². The molecule has 0 bridgehead atoms. The number of hydrogen-bond acceptors (Lipinski definition) is 4. The topological polar surface area (TPSA) is 89.2 Å². The van der Waals surface area contributed by atoms with E-state index in [1.807, 2.05) is 0 Å². The van der Waals surface area contributed by atoms with Crippen molar-refractivity contribution in [2.75, 3.05) is 0 Å². The van der Waals surface area contributed by atoms with Crippen molar-refractivity contribution in [3.8, 4) is 23.1 Å². The van der Waals surface area contributed by atoms with E-state index in [1.165, 1.54) is 18.3 Å². The summed E-state index contributed by atoms with van der Waals surface area (Å²) in [5, 5.41) is 19.8. The Morgan fingerprint density at radius 2 is 1.64 bits per heavy atom. The van der Waals surface area contributed by atoms with Gasteiger partial charge in [0.15, 0.2) is 0 Å². The fraction of sp³-hybridized carbons (Fsp3) is 0.0800. The van der Waals surface area contributed by atoms with E-state index in [1.54, 1.807) is 42.5 Å². The fourth-order valence-electron chi connectivity index (χ4n) is 3.43. The third-order valence-corrected chi connectivity index (χ3v) is 5.15. The molecule has 4 aromatic rings. The highest BCUT2D eigenvalue weighted by Crippen LogP contribution is 2.32. The molecule has 5 nitrogen and oxygen atoms in total. The molecule has 0 fully saturated rings. The van der Waals surface area contributed by atoms with Gasteiger partial charge in [0.25, 0.3) is 5.56 Å². The molecular formula is C25H16F3N3O2. The molecule has 0 aliphatic carbocycles. The molecule has 1 heterocycles. The molecule has 2 N–H and O–H groups in total. The molecule has 0 radical (unpaired) electrons. The van der Waals surface area contributed by atoms with E-state index in [4.69, 9.17) is 5.26 Å². The van der Waals surface area contributed by atoms with Gasteiger partial charge < -0.3 is 5.11 Å². The quantitative estimate of drug-likeness (QED) is 0.391. The summed E-state index contributed by atoms with van der Waals surface area (Å²) in [4.78, 5) is 19.0. The van der Waals surface area contributed by atoms with Crippen molar-refractivity contribution in [1.82, 2.24) is 4.98 Å². The number of aromatic hydroxyl groups is 1. The molecule has 0 atom stereocenters. The number of hydrogen-bond donors (Lipinski definition) is 2. The standard InChI is InChI=1S/C25H16F3N3O2/c26-25(27,28)18-6-3-16(4-7-18)17-5-10-20-21(13-17)22(24(33)31-23(20)32)14-30-19-8-1-15(2-9-19)11-12-29/h1-10,13-14H,11H2,(H2,31,32,33). The first-order chi connectivity index (χ1) is 15.8. The number of fused-ring (bicyclic) bond motifs is 1. The van der Waals surface area contributed by atoms with E-state index in [0.29, 0.717) is 27.6 Å². The first-order valence-corrected chi connectivity index (χ1v) is 9.83. The Hall–Kier alpha value is -4.38. The average molecular weight is 447 g/mol. The van der Waals surface area contributed by atoms with Crippen LogP contribution in [-0.2, 0) is 12.6 Å². The summed E-state index contributed by atoms with van der Waals surface area (Å²) >= 11 is 0. The summed E-state index contributed by atoms with van der Waals surface area (Å²) in [6.07, 6.45) is -2.75. The molecule has 164 valence electrons. The van der Waals surface area contributed by atoms with Crippen LogP contribution in [0.1, 0.15) is 16.7 Å². The van der Waals surface area contributed by atoms with Crippen molar-refractivity contribution in [1.29, 1.82) is 5.26 Å². The minimum atomic E-state index is -4.43. The van der Waals surface area contributed by atoms with Crippen LogP contribution in [-0.4, -0.2) is 16.3 Å². The molecule has 3 aromatic carbocycles. The average Bonchev–Trinajstić information content (AvgIpc) is 2.79. The van der Waals surface area contributed by atoms with Gasteiger partial charge in [0, 0.05) is 17.0 Å². The Labute approximate surface area is 186 Å². The number of halogens is 3. The van der Waals surface area contributed by atoms with Gasteiger partial charge in [0.05, 0.1) is 29.3 Å². The normalized spacial score (nSPS) is 11.7. The summed E-state index contributed by atoms with van der Waals surface area (Å²) < 4.78 is 38.6. The molecule has 0 saturated heterocycles. The van der Waals surface area contributed by atoms with Gasteiger partial charge in [-0.25, -0.2) is 0 Å². The highest BCUT2D eigenvalue weighted by molar-refractivity contribution is 6.03. The lowest BCUT2D eigenvalue weighted by Gasteiger charge is -2.10. The predicted molar refractivity (Wildman–Crippen MR) is 120 cm³/mol. The van der Waals surface area contributed by atoms with Crippen molar-refractivity contribution < 1.29 is 18.3 Å². The maximum absolute atomic E-state index is 12.9. The minimum absolute atomic E-state index is 0.263. The van der Waals surface area contributed by atoms with Gasteiger partial charge in [-0.15, -0.1) is 0 Å². The van der Waals surface area contributed by atoms with Crippen molar-refractivity contribution in [2.45, 2.75) is 12.6 Å².